The van der Waals surface area contributed by atoms with Crippen LogP contribution in [0.3, 0.4) is 0 Å². The Bertz CT molecular complexity index is 396. The van der Waals surface area contributed by atoms with Gasteiger partial charge in [-0.25, -0.2) is 0 Å². The zero-order chi connectivity index (χ0) is 13.3. The average Bonchev–Trinajstić information content (AvgIpc) is 2.36. The summed E-state index contributed by atoms with van der Waals surface area (Å²) in [6, 6.07) is 6.57. The molecule has 0 unspecified atom stereocenters. The van der Waals surface area contributed by atoms with Gasteiger partial charge in [0.05, 0.1) is 6.10 Å². The van der Waals surface area contributed by atoms with Crippen molar-refractivity contribution >= 4 is 5.69 Å². The zero-order valence-electron chi connectivity index (χ0n) is 9.93. The lowest BCUT2D eigenvalue weighted by molar-refractivity contribution is -0.268. The molecule has 0 saturated carbocycles. The van der Waals surface area contributed by atoms with Crippen LogP contribution in [0.2, 0.25) is 0 Å². The summed E-state index contributed by atoms with van der Waals surface area (Å²) < 4.78 is 10.7. The van der Waals surface area contributed by atoms with Crippen molar-refractivity contribution in [3.05, 3.63) is 24.3 Å². The smallest absolute Gasteiger partial charge is 0.229 e. The molecule has 0 amide bonds. The Labute approximate surface area is 105 Å². The first-order chi connectivity index (χ1) is 8.49. The maximum atomic E-state index is 9.76. The maximum absolute atomic E-state index is 9.76. The number of nitrogens with two attached hydrogens (primary N) is 1. The molecule has 1 aliphatic heterocycles. The second-order valence-corrected chi connectivity index (χ2v) is 4.37. The van der Waals surface area contributed by atoms with E-state index < -0.39 is 30.7 Å². The highest BCUT2D eigenvalue weighted by Gasteiger charge is 2.43. The molecule has 5 atom stereocenters. The number of nitrogen functional groups attached to an aromatic ring is 1. The minimum Gasteiger partial charge on any atom is -0.462 e. The van der Waals surface area contributed by atoms with Crippen LogP contribution < -0.4 is 10.5 Å². The predicted octanol–water partition coefficient (Wildman–Crippen LogP) is -0.525. The predicted molar refractivity (Wildman–Crippen MR) is 63.8 cm³/mol. The molecule has 1 aromatic rings. The second-order valence-electron chi connectivity index (χ2n) is 4.37. The highest BCUT2D eigenvalue weighted by atomic mass is 16.7. The van der Waals surface area contributed by atoms with Crippen molar-refractivity contribution in [2.45, 2.75) is 37.6 Å². The lowest BCUT2D eigenvalue weighted by Gasteiger charge is -2.38. The van der Waals surface area contributed by atoms with E-state index in [9.17, 15) is 15.3 Å². The topological polar surface area (TPSA) is 105 Å². The minimum atomic E-state index is -1.31. The van der Waals surface area contributed by atoms with Gasteiger partial charge in [-0.15, -0.1) is 0 Å². The molecule has 6 heteroatoms. The van der Waals surface area contributed by atoms with Gasteiger partial charge in [-0.05, 0) is 31.2 Å². The SMILES string of the molecule is C[C@@H]1O[C@H](Oc2ccc(N)cc2)[C@H](O)[C@@H](O)[C@@H]1O. The fourth-order valence-electron chi connectivity index (χ4n) is 1.79. The van der Waals surface area contributed by atoms with Gasteiger partial charge in [-0.3, -0.25) is 0 Å². The molecule has 1 fully saturated rings. The summed E-state index contributed by atoms with van der Waals surface area (Å²) in [7, 11) is 0. The standard InChI is InChI=1S/C12H17NO5/c1-6-9(14)10(15)11(16)12(17-6)18-8-4-2-7(13)3-5-8/h2-6,9-12,14-16H,13H2,1H3/t6-,9+,10-,11+,12+/m0/s1. The van der Waals surface area contributed by atoms with Gasteiger partial charge in [-0.1, -0.05) is 0 Å². The van der Waals surface area contributed by atoms with E-state index in [-0.39, 0.29) is 0 Å². The third kappa shape index (κ3) is 2.56. The van der Waals surface area contributed by atoms with Crippen LogP contribution in [0, 0.1) is 0 Å². The average molecular weight is 255 g/mol. The number of ether oxygens (including phenoxy) is 2. The molecule has 0 aromatic heterocycles. The monoisotopic (exact) mass is 255 g/mol. The van der Waals surface area contributed by atoms with Gasteiger partial charge in [-0.2, -0.15) is 0 Å². The third-order valence-electron chi connectivity index (χ3n) is 2.94. The first-order valence-corrected chi connectivity index (χ1v) is 5.71. The summed E-state index contributed by atoms with van der Waals surface area (Å²) in [4.78, 5) is 0. The van der Waals surface area contributed by atoms with E-state index in [4.69, 9.17) is 15.2 Å². The molecule has 100 valence electrons. The van der Waals surface area contributed by atoms with Gasteiger partial charge in [0.2, 0.25) is 6.29 Å². The summed E-state index contributed by atoms with van der Waals surface area (Å²) in [5, 5.41) is 28.9. The van der Waals surface area contributed by atoms with Crippen molar-refractivity contribution in [2.75, 3.05) is 5.73 Å². The van der Waals surface area contributed by atoms with Crippen molar-refractivity contribution in [1.29, 1.82) is 0 Å². The summed E-state index contributed by atoms with van der Waals surface area (Å²) in [6.45, 7) is 1.60. The van der Waals surface area contributed by atoms with Crippen LogP contribution in [0.25, 0.3) is 0 Å². The molecule has 0 bridgehead atoms. The third-order valence-corrected chi connectivity index (χ3v) is 2.94. The number of hydrogen-bond acceptors (Lipinski definition) is 6. The van der Waals surface area contributed by atoms with Gasteiger partial charge < -0.3 is 30.5 Å². The van der Waals surface area contributed by atoms with Crippen LogP contribution >= 0.6 is 0 Å². The Morgan fingerprint density at radius 1 is 1.06 bits per heavy atom. The van der Waals surface area contributed by atoms with Crippen LogP contribution in [-0.2, 0) is 4.74 Å². The molecule has 1 heterocycles. The van der Waals surface area contributed by atoms with E-state index in [1.165, 1.54) is 0 Å². The van der Waals surface area contributed by atoms with Crippen molar-refractivity contribution in [3.63, 3.8) is 0 Å². The van der Waals surface area contributed by atoms with Gasteiger partial charge in [0.15, 0.2) is 0 Å². The summed E-state index contributed by atoms with van der Waals surface area (Å²) in [5.74, 6) is 0.462. The molecule has 0 spiro atoms. The van der Waals surface area contributed by atoms with Crippen LogP contribution in [0.5, 0.6) is 5.75 Å². The quantitative estimate of drug-likeness (QED) is 0.530. The lowest BCUT2D eigenvalue weighted by Crippen LogP contribution is -2.58. The van der Waals surface area contributed by atoms with Gasteiger partial charge in [0, 0.05) is 5.69 Å². The largest absolute Gasteiger partial charge is 0.462 e. The number of rotatable bonds is 2. The zero-order valence-corrected chi connectivity index (χ0v) is 9.93. The number of aliphatic hydroxyl groups excluding tert-OH is 3. The Kier molecular flexibility index (Phi) is 3.72. The Hall–Kier alpha value is -1.34. The number of aliphatic hydroxyl groups is 3. The van der Waals surface area contributed by atoms with E-state index in [2.05, 4.69) is 0 Å². The van der Waals surface area contributed by atoms with Crippen molar-refractivity contribution in [1.82, 2.24) is 0 Å². The van der Waals surface area contributed by atoms with Crippen LogP contribution in [-0.4, -0.2) is 46.0 Å². The molecule has 1 aliphatic rings. The van der Waals surface area contributed by atoms with Crippen molar-refractivity contribution < 1.29 is 24.8 Å². The Morgan fingerprint density at radius 3 is 2.28 bits per heavy atom. The molecular weight excluding hydrogens is 238 g/mol. The molecule has 2 rings (SSSR count). The van der Waals surface area contributed by atoms with E-state index >= 15 is 0 Å². The van der Waals surface area contributed by atoms with Gasteiger partial charge in [0.25, 0.3) is 0 Å². The fourth-order valence-corrected chi connectivity index (χ4v) is 1.79. The van der Waals surface area contributed by atoms with Crippen molar-refractivity contribution in [2.24, 2.45) is 0 Å². The molecule has 0 aliphatic carbocycles. The Balaban J connectivity index is 2.06. The van der Waals surface area contributed by atoms with Crippen molar-refractivity contribution in [3.8, 4) is 5.75 Å². The summed E-state index contributed by atoms with van der Waals surface area (Å²) >= 11 is 0. The number of hydrogen-bond donors (Lipinski definition) is 4. The summed E-state index contributed by atoms with van der Waals surface area (Å²) in [5.41, 5.74) is 6.13. The normalized spacial score (nSPS) is 36.3. The minimum absolute atomic E-state index is 0.462. The molecule has 1 aromatic carbocycles. The van der Waals surface area contributed by atoms with Gasteiger partial charge >= 0.3 is 0 Å². The van der Waals surface area contributed by atoms with E-state index in [0.29, 0.717) is 11.4 Å². The van der Waals surface area contributed by atoms with E-state index in [0.717, 1.165) is 0 Å². The molecule has 0 radical (unpaired) electrons. The number of anilines is 1. The first-order valence-electron chi connectivity index (χ1n) is 5.71. The van der Waals surface area contributed by atoms with E-state index in [1.807, 2.05) is 0 Å². The second kappa shape index (κ2) is 5.11. The molecule has 5 N–H and O–H groups in total. The van der Waals surface area contributed by atoms with Crippen LogP contribution in [0.15, 0.2) is 24.3 Å². The molecule has 6 nitrogen and oxygen atoms in total. The van der Waals surface area contributed by atoms with Crippen LogP contribution in [0.1, 0.15) is 6.92 Å². The molecule has 18 heavy (non-hydrogen) atoms. The maximum Gasteiger partial charge on any atom is 0.229 e. The van der Waals surface area contributed by atoms with Gasteiger partial charge in [0.1, 0.15) is 24.1 Å². The van der Waals surface area contributed by atoms with E-state index in [1.54, 1.807) is 31.2 Å². The first kappa shape index (κ1) is 13.1. The Morgan fingerprint density at radius 2 is 1.67 bits per heavy atom. The molecule has 1 saturated heterocycles. The number of benzene rings is 1. The van der Waals surface area contributed by atoms with Crippen LogP contribution in [0.4, 0.5) is 5.69 Å². The summed E-state index contributed by atoms with van der Waals surface area (Å²) in [6.07, 6.45) is -5.39. The highest BCUT2D eigenvalue weighted by Crippen LogP contribution is 2.24. The fraction of sp³-hybridized carbons (Fsp3) is 0.500. The molecular formula is C12H17NO5. The lowest BCUT2D eigenvalue weighted by atomic mass is 10.00. The highest BCUT2D eigenvalue weighted by molar-refractivity contribution is 5.41.